The molecule has 1 unspecified atom stereocenters. The SMILES string of the molecule is CCCCCC(C)NC(=O)CSc1nnnn1C(C)C. The first kappa shape index (κ1) is 16.9. The van der Waals surface area contributed by atoms with Crippen LogP contribution in [0.2, 0.25) is 0 Å². The van der Waals surface area contributed by atoms with Gasteiger partial charge in [-0.25, -0.2) is 4.68 Å². The Balaban J connectivity index is 2.30. The molecule has 0 fully saturated rings. The first-order chi connectivity index (χ1) is 9.54. The first-order valence-corrected chi connectivity index (χ1v) is 8.23. The van der Waals surface area contributed by atoms with Crippen LogP contribution in [-0.2, 0) is 4.79 Å². The van der Waals surface area contributed by atoms with Crippen molar-refractivity contribution < 1.29 is 4.79 Å². The predicted octanol–water partition coefficient (Wildman–Crippen LogP) is 2.43. The third-order valence-electron chi connectivity index (χ3n) is 2.93. The summed E-state index contributed by atoms with van der Waals surface area (Å²) in [6, 6.07) is 0.430. The summed E-state index contributed by atoms with van der Waals surface area (Å²) in [5.41, 5.74) is 0. The lowest BCUT2D eigenvalue weighted by molar-refractivity contribution is -0.119. The van der Waals surface area contributed by atoms with Gasteiger partial charge in [0.05, 0.1) is 11.8 Å². The molecule has 0 aliphatic heterocycles. The zero-order chi connectivity index (χ0) is 15.0. The molecular weight excluding hydrogens is 274 g/mol. The Kier molecular flexibility index (Phi) is 7.58. The van der Waals surface area contributed by atoms with Crippen molar-refractivity contribution in [3.8, 4) is 0 Å². The van der Waals surface area contributed by atoms with Gasteiger partial charge in [-0.1, -0.05) is 37.9 Å². The highest BCUT2D eigenvalue weighted by Crippen LogP contribution is 2.16. The molecule has 0 aromatic carbocycles. The van der Waals surface area contributed by atoms with Crippen LogP contribution in [0.5, 0.6) is 0 Å². The molecule has 0 spiro atoms. The fourth-order valence-corrected chi connectivity index (χ4v) is 2.64. The maximum absolute atomic E-state index is 11.9. The largest absolute Gasteiger partial charge is 0.353 e. The summed E-state index contributed by atoms with van der Waals surface area (Å²) >= 11 is 1.38. The van der Waals surface area contributed by atoms with Gasteiger partial charge in [-0.15, -0.1) is 5.10 Å². The van der Waals surface area contributed by atoms with Crippen LogP contribution >= 0.6 is 11.8 Å². The second kappa shape index (κ2) is 8.94. The van der Waals surface area contributed by atoms with Gasteiger partial charge < -0.3 is 5.32 Å². The third kappa shape index (κ3) is 5.90. The maximum Gasteiger partial charge on any atom is 0.230 e. The number of aromatic nitrogens is 4. The van der Waals surface area contributed by atoms with Crippen molar-refractivity contribution in [1.82, 2.24) is 25.5 Å². The number of hydrogen-bond donors (Lipinski definition) is 1. The molecule has 0 saturated heterocycles. The first-order valence-electron chi connectivity index (χ1n) is 7.24. The second-order valence-electron chi connectivity index (χ2n) is 5.25. The van der Waals surface area contributed by atoms with Crippen molar-refractivity contribution in [3.63, 3.8) is 0 Å². The lowest BCUT2D eigenvalue weighted by Gasteiger charge is -2.13. The maximum atomic E-state index is 11.9. The second-order valence-corrected chi connectivity index (χ2v) is 6.20. The number of unbranched alkanes of at least 4 members (excludes halogenated alkanes) is 2. The molecule has 20 heavy (non-hydrogen) atoms. The van der Waals surface area contributed by atoms with Crippen LogP contribution in [0.3, 0.4) is 0 Å². The summed E-state index contributed by atoms with van der Waals surface area (Å²) < 4.78 is 1.72. The van der Waals surface area contributed by atoms with Gasteiger partial charge in [-0.3, -0.25) is 4.79 Å². The summed E-state index contributed by atoms with van der Waals surface area (Å²) in [6.45, 7) is 8.25. The lowest BCUT2D eigenvalue weighted by atomic mass is 10.1. The van der Waals surface area contributed by atoms with E-state index in [1.165, 1.54) is 24.6 Å². The van der Waals surface area contributed by atoms with E-state index in [4.69, 9.17) is 0 Å². The standard InChI is InChI=1S/C13H25N5OS/c1-5-6-7-8-11(4)14-12(19)9-20-13-15-16-17-18(13)10(2)3/h10-11H,5-9H2,1-4H3,(H,14,19). The molecular formula is C13H25N5OS. The highest BCUT2D eigenvalue weighted by Gasteiger charge is 2.13. The summed E-state index contributed by atoms with van der Waals surface area (Å²) in [4.78, 5) is 11.9. The van der Waals surface area contributed by atoms with E-state index >= 15 is 0 Å². The van der Waals surface area contributed by atoms with Gasteiger partial charge in [0.25, 0.3) is 0 Å². The van der Waals surface area contributed by atoms with E-state index in [1.807, 2.05) is 13.8 Å². The number of tetrazole rings is 1. The quantitative estimate of drug-likeness (QED) is 0.560. The lowest BCUT2D eigenvalue weighted by Crippen LogP contribution is -2.33. The minimum Gasteiger partial charge on any atom is -0.353 e. The molecule has 1 aromatic heterocycles. The van der Waals surface area contributed by atoms with Crippen molar-refractivity contribution in [2.75, 3.05) is 5.75 Å². The minimum atomic E-state index is 0.0392. The molecule has 6 nitrogen and oxygen atoms in total. The fraction of sp³-hybridized carbons (Fsp3) is 0.846. The number of nitrogens with zero attached hydrogens (tertiary/aromatic N) is 4. The van der Waals surface area contributed by atoms with E-state index < -0.39 is 0 Å². The number of thioether (sulfide) groups is 1. The number of carbonyl (C=O) groups excluding carboxylic acids is 1. The van der Waals surface area contributed by atoms with Crippen molar-refractivity contribution in [1.29, 1.82) is 0 Å². The van der Waals surface area contributed by atoms with Crippen molar-refractivity contribution in [2.45, 2.75) is 70.6 Å². The zero-order valence-electron chi connectivity index (χ0n) is 12.8. The number of carbonyl (C=O) groups is 1. The van der Waals surface area contributed by atoms with E-state index in [9.17, 15) is 4.79 Å². The molecule has 0 bridgehead atoms. The van der Waals surface area contributed by atoms with Crippen LogP contribution in [0.25, 0.3) is 0 Å². The van der Waals surface area contributed by atoms with E-state index in [-0.39, 0.29) is 18.0 Å². The summed E-state index contributed by atoms with van der Waals surface area (Å²) in [6.07, 6.45) is 4.62. The van der Waals surface area contributed by atoms with E-state index in [0.29, 0.717) is 10.9 Å². The van der Waals surface area contributed by atoms with Crippen LogP contribution in [0.4, 0.5) is 0 Å². The van der Waals surface area contributed by atoms with Crippen molar-refractivity contribution >= 4 is 17.7 Å². The fourth-order valence-electron chi connectivity index (χ4n) is 1.82. The molecule has 0 radical (unpaired) electrons. The van der Waals surface area contributed by atoms with Gasteiger partial charge >= 0.3 is 0 Å². The van der Waals surface area contributed by atoms with Crippen molar-refractivity contribution in [2.24, 2.45) is 0 Å². The zero-order valence-corrected chi connectivity index (χ0v) is 13.6. The molecule has 1 atom stereocenters. The van der Waals surface area contributed by atoms with Crippen LogP contribution in [-0.4, -0.2) is 37.9 Å². The highest BCUT2D eigenvalue weighted by molar-refractivity contribution is 7.99. The Bertz CT molecular complexity index is 407. The van der Waals surface area contributed by atoms with Gasteiger partial charge in [0, 0.05) is 6.04 Å². The molecule has 1 aromatic rings. The number of hydrogen-bond acceptors (Lipinski definition) is 5. The predicted molar refractivity (Wildman–Crippen MR) is 80.7 cm³/mol. The van der Waals surface area contributed by atoms with Crippen LogP contribution in [0.1, 0.15) is 59.4 Å². The molecule has 1 heterocycles. The molecule has 7 heteroatoms. The molecule has 1 N–H and O–H groups in total. The average molecular weight is 299 g/mol. The Morgan fingerprint density at radius 2 is 2.10 bits per heavy atom. The summed E-state index contributed by atoms with van der Waals surface area (Å²) in [7, 11) is 0. The Morgan fingerprint density at radius 1 is 1.35 bits per heavy atom. The topological polar surface area (TPSA) is 72.7 Å². The van der Waals surface area contributed by atoms with Crippen LogP contribution in [0, 0.1) is 0 Å². The van der Waals surface area contributed by atoms with E-state index in [1.54, 1.807) is 4.68 Å². The highest BCUT2D eigenvalue weighted by atomic mass is 32.2. The molecule has 1 rings (SSSR count). The Hall–Kier alpha value is -1.11. The monoisotopic (exact) mass is 299 g/mol. The number of rotatable bonds is 9. The van der Waals surface area contributed by atoms with Crippen molar-refractivity contribution in [3.05, 3.63) is 0 Å². The van der Waals surface area contributed by atoms with Crippen LogP contribution < -0.4 is 5.32 Å². The Morgan fingerprint density at radius 3 is 2.75 bits per heavy atom. The van der Waals surface area contributed by atoms with Gasteiger partial charge in [-0.05, 0) is 37.6 Å². The normalized spacial score (nSPS) is 12.7. The van der Waals surface area contributed by atoms with Gasteiger partial charge in [0.2, 0.25) is 11.1 Å². The summed E-state index contributed by atoms with van der Waals surface area (Å²) in [5.74, 6) is 0.392. The average Bonchev–Trinajstić information content (AvgIpc) is 2.85. The minimum absolute atomic E-state index is 0.0392. The smallest absolute Gasteiger partial charge is 0.230 e. The molecule has 0 aliphatic carbocycles. The molecule has 0 saturated carbocycles. The molecule has 114 valence electrons. The molecule has 0 aliphatic rings. The summed E-state index contributed by atoms with van der Waals surface area (Å²) in [5, 5.41) is 15.2. The number of nitrogens with one attached hydrogen (secondary N) is 1. The van der Waals surface area contributed by atoms with E-state index in [2.05, 4.69) is 34.7 Å². The van der Waals surface area contributed by atoms with Gasteiger partial charge in [0.15, 0.2) is 0 Å². The molecule has 1 amide bonds. The van der Waals surface area contributed by atoms with E-state index in [0.717, 1.165) is 12.8 Å². The van der Waals surface area contributed by atoms with Gasteiger partial charge in [0.1, 0.15) is 0 Å². The van der Waals surface area contributed by atoms with Gasteiger partial charge in [-0.2, -0.15) is 0 Å². The van der Waals surface area contributed by atoms with Crippen LogP contribution in [0.15, 0.2) is 5.16 Å². The Labute approximate surface area is 125 Å². The third-order valence-corrected chi connectivity index (χ3v) is 3.87. The number of amides is 1.